The third-order valence-corrected chi connectivity index (χ3v) is 3.78. The fraction of sp³-hybridized carbons (Fsp3) is 0.250. The molecule has 2 aromatic rings. The normalized spacial score (nSPS) is 10.1. The van der Waals surface area contributed by atoms with Gasteiger partial charge >= 0.3 is 0 Å². The van der Waals surface area contributed by atoms with Crippen LogP contribution in [-0.4, -0.2) is 36.6 Å². The number of hydrogen-bond donors (Lipinski definition) is 2. The highest BCUT2D eigenvalue weighted by atomic mass is 32.1. The average molecular weight is 386 g/mol. The molecule has 0 bridgehead atoms. The Morgan fingerprint density at radius 1 is 1.04 bits per heavy atom. The van der Waals surface area contributed by atoms with E-state index in [1.807, 2.05) is 6.92 Å². The summed E-state index contributed by atoms with van der Waals surface area (Å²) in [5.41, 5.74) is 1.65. The number of thiocarbonyl (C=S) groups is 1. The van der Waals surface area contributed by atoms with Gasteiger partial charge in [0.25, 0.3) is 5.91 Å². The molecule has 1 amide bonds. The molecule has 0 atom stereocenters. The number of carbonyl (C=O) groups excluding carboxylic acids is 2. The lowest BCUT2D eigenvalue weighted by Gasteiger charge is -2.11. The first-order valence-electron chi connectivity index (χ1n) is 8.53. The molecule has 0 aliphatic rings. The topological polar surface area (TPSA) is 76.7 Å². The van der Waals surface area contributed by atoms with Gasteiger partial charge in [-0.3, -0.25) is 14.9 Å². The summed E-state index contributed by atoms with van der Waals surface area (Å²) in [6.45, 7) is 5.03. The number of amides is 1. The number of hydrogen-bond acceptors (Lipinski definition) is 5. The summed E-state index contributed by atoms with van der Waals surface area (Å²) >= 11 is 5.16. The van der Waals surface area contributed by atoms with Crippen molar-refractivity contribution in [3.8, 4) is 5.75 Å². The molecule has 0 radical (unpaired) electrons. The predicted molar refractivity (Wildman–Crippen MR) is 109 cm³/mol. The number of rotatable bonds is 8. The molecule has 7 heteroatoms. The van der Waals surface area contributed by atoms with E-state index in [2.05, 4.69) is 10.6 Å². The predicted octanol–water partition coefficient (Wildman–Crippen LogP) is 3.43. The summed E-state index contributed by atoms with van der Waals surface area (Å²) in [5, 5.41) is 5.66. The zero-order valence-corrected chi connectivity index (χ0v) is 16.1. The lowest BCUT2D eigenvalue weighted by molar-refractivity contribution is 0.0975. The van der Waals surface area contributed by atoms with E-state index < -0.39 is 0 Å². The van der Waals surface area contributed by atoms with E-state index in [0.717, 1.165) is 0 Å². The Bertz CT molecular complexity index is 806. The summed E-state index contributed by atoms with van der Waals surface area (Å²) < 4.78 is 10.7. The van der Waals surface area contributed by atoms with Crippen LogP contribution in [0.1, 0.15) is 34.6 Å². The highest BCUT2D eigenvalue weighted by Gasteiger charge is 2.09. The maximum Gasteiger partial charge on any atom is 0.257 e. The van der Waals surface area contributed by atoms with Crippen molar-refractivity contribution in [3.63, 3.8) is 0 Å². The van der Waals surface area contributed by atoms with E-state index in [1.54, 1.807) is 48.5 Å². The highest BCUT2D eigenvalue weighted by Crippen LogP contribution is 2.13. The Labute approximate surface area is 163 Å². The molecule has 0 unspecified atom stereocenters. The maximum absolute atomic E-state index is 12.3. The van der Waals surface area contributed by atoms with Gasteiger partial charge in [-0.05, 0) is 62.5 Å². The molecule has 0 aliphatic carbocycles. The summed E-state index contributed by atoms with van der Waals surface area (Å²) in [7, 11) is 0. The van der Waals surface area contributed by atoms with Crippen molar-refractivity contribution in [2.24, 2.45) is 0 Å². The fourth-order valence-corrected chi connectivity index (χ4v) is 2.43. The van der Waals surface area contributed by atoms with Crippen molar-refractivity contribution >= 4 is 34.7 Å². The molecule has 142 valence electrons. The van der Waals surface area contributed by atoms with Crippen LogP contribution in [0.5, 0.6) is 5.75 Å². The van der Waals surface area contributed by atoms with Gasteiger partial charge in [0.15, 0.2) is 10.9 Å². The van der Waals surface area contributed by atoms with E-state index in [9.17, 15) is 9.59 Å². The maximum atomic E-state index is 12.3. The Hall–Kier alpha value is -2.77. The number of ether oxygens (including phenoxy) is 2. The Morgan fingerprint density at radius 2 is 1.78 bits per heavy atom. The fourth-order valence-electron chi connectivity index (χ4n) is 2.22. The van der Waals surface area contributed by atoms with Gasteiger partial charge in [-0.15, -0.1) is 0 Å². The summed E-state index contributed by atoms with van der Waals surface area (Å²) in [6, 6.07) is 13.6. The Balaban J connectivity index is 1.87. The molecule has 0 fully saturated rings. The van der Waals surface area contributed by atoms with Crippen LogP contribution in [0.3, 0.4) is 0 Å². The van der Waals surface area contributed by atoms with E-state index >= 15 is 0 Å². The number of Topliss-reactive ketones (excluding diaryl/α,β-unsaturated/α-hetero) is 1. The second-order valence-electron chi connectivity index (χ2n) is 5.62. The van der Waals surface area contributed by atoms with E-state index in [0.29, 0.717) is 42.4 Å². The van der Waals surface area contributed by atoms with Crippen LogP contribution in [0.25, 0.3) is 0 Å². The molecule has 0 saturated carbocycles. The summed E-state index contributed by atoms with van der Waals surface area (Å²) in [5.74, 6) is 0.279. The standard InChI is InChI=1S/C20H22N2O4S/c1-3-25-11-12-26-18-9-7-15(8-10-18)19(24)22-20(27)21-17-6-4-5-16(13-17)14(2)23/h4-10,13H,3,11-12H2,1-2H3,(H2,21,22,24,27). The number of carbonyl (C=O) groups is 2. The molecule has 27 heavy (non-hydrogen) atoms. The quantitative estimate of drug-likeness (QED) is 0.411. The van der Waals surface area contributed by atoms with Gasteiger partial charge in [-0.25, -0.2) is 0 Å². The van der Waals surface area contributed by atoms with Crippen molar-refractivity contribution < 1.29 is 19.1 Å². The van der Waals surface area contributed by atoms with Crippen LogP contribution in [0.4, 0.5) is 5.69 Å². The molecule has 2 aromatic carbocycles. The number of anilines is 1. The minimum Gasteiger partial charge on any atom is -0.491 e. The van der Waals surface area contributed by atoms with Crippen molar-refractivity contribution in [2.75, 3.05) is 25.1 Å². The van der Waals surface area contributed by atoms with Gasteiger partial charge in [0.2, 0.25) is 0 Å². The average Bonchev–Trinajstić information content (AvgIpc) is 2.65. The molecule has 0 aromatic heterocycles. The zero-order valence-electron chi connectivity index (χ0n) is 15.3. The van der Waals surface area contributed by atoms with Crippen molar-refractivity contribution in [3.05, 3.63) is 59.7 Å². The third-order valence-electron chi connectivity index (χ3n) is 3.57. The third kappa shape index (κ3) is 6.80. The first-order chi connectivity index (χ1) is 13.0. The monoisotopic (exact) mass is 386 g/mol. The molecule has 2 rings (SSSR count). The molecule has 2 N–H and O–H groups in total. The molecular weight excluding hydrogens is 364 g/mol. The molecule has 0 heterocycles. The van der Waals surface area contributed by atoms with Crippen LogP contribution in [0.2, 0.25) is 0 Å². The molecule has 0 spiro atoms. The van der Waals surface area contributed by atoms with Crippen molar-refractivity contribution in [1.29, 1.82) is 0 Å². The first-order valence-corrected chi connectivity index (χ1v) is 8.94. The summed E-state index contributed by atoms with van der Waals surface area (Å²) in [4.78, 5) is 23.7. The van der Waals surface area contributed by atoms with Gasteiger partial charge in [-0.1, -0.05) is 12.1 Å². The van der Waals surface area contributed by atoms with Gasteiger partial charge in [0.05, 0.1) is 6.61 Å². The zero-order chi connectivity index (χ0) is 19.6. The van der Waals surface area contributed by atoms with Crippen LogP contribution in [0, 0.1) is 0 Å². The number of benzene rings is 2. The van der Waals surface area contributed by atoms with Crippen LogP contribution >= 0.6 is 12.2 Å². The van der Waals surface area contributed by atoms with E-state index in [-0.39, 0.29) is 16.8 Å². The Kier molecular flexibility index (Phi) is 7.91. The van der Waals surface area contributed by atoms with Crippen molar-refractivity contribution in [1.82, 2.24) is 5.32 Å². The van der Waals surface area contributed by atoms with Crippen molar-refractivity contribution in [2.45, 2.75) is 13.8 Å². The second-order valence-corrected chi connectivity index (χ2v) is 6.02. The molecule has 6 nitrogen and oxygen atoms in total. The molecule has 0 aliphatic heterocycles. The lowest BCUT2D eigenvalue weighted by Crippen LogP contribution is -2.34. The van der Waals surface area contributed by atoms with E-state index in [4.69, 9.17) is 21.7 Å². The summed E-state index contributed by atoms with van der Waals surface area (Å²) in [6.07, 6.45) is 0. The largest absolute Gasteiger partial charge is 0.491 e. The highest BCUT2D eigenvalue weighted by molar-refractivity contribution is 7.80. The van der Waals surface area contributed by atoms with Gasteiger partial charge in [0, 0.05) is 23.4 Å². The van der Waals surface area contributed by atoms with Crippen LogP contribution in [0.15, 0.2) is 48.5 Å². The smallest absolute Gasteiger partial charge is 0.257 e. The minimum absolute atomic E-state index is 0.0443. The second kappa shape index (κ2) is 10.4. The lowest BCUT2D eigenvalue weighted by atomic mass is 10.1. The van der Waals surface area contributed by atoms with Gasteiger partial charge < -0.3 is 14.8 Å². The van der Waals surface area contributed by atoms with E-state index in [1.165, 1.54) is 6.92 Å². The SMILES string of the molecule is CCOCCOc1ccc(C(=O)NC(=S)Nc2cccc(C(C)=O)c2)cc1. The van der Waals surface area contributed by atoms with Crippen LogP contribution < -0.4 is 15.4 Å². The molecular formula is C20H22N2O4S. The number of nitrogens with one attached hydrogen (secondary N) is 2. The Morgan fingerprint density at radius 3 is 2.44 bits per heavy atom. The molecule has 0 saturated heterocycles. The van der Waals surface area contributed by atoms with Gasteiger partial charge in [-0.2, -0.15) is 0 Å². The minimum atomic E-state index is -0.337. The first kappa shape index (κ1) is 20.5. The van der Waals surface area contributed by atoms with Gasteiger partial charge in [0.1, 0.15) is 12.4 Å². The number of ketones is 1. The van der Waals surface area contributed by atoms with Crippen LogP contribution in [-0.2, 0) is 4.74 Å².